The number of hydrogen-bond donors (Lipinski definition) is 4. The van der Waals surface area contributed by atoms with Crippen LogP contribution >= 0.6 is 0 Å². The molecule has 3 fully saturated rings. The van der Waals surface area contributed by atoms with Crippen molar-refractivity contribution < 1.29 is 52.3 Å². The predicted molar refractivity (Wildman–Crippen MR) is 209 cm³/mol. The van der Waals surface area contributed by atoms with E-state index in [-0.39, 0.29) is 24.1 Å². The third kappa shape index (κ3) is 9.37. The summed E-state index contributed by atoms with van der Waals surface area (Å²) in [6.45, 7) is 5.17. The number of carbonyl (C=O) groups is 4. The van der Waals surface area contributed by atoms with Crippen LogP contribution in [0.15, 0.2) is 94.4 Å². The van der Waals surface area contributed by atoms with E-state index in [2.05, 4.69) is 15.6 Å². The average molecular weight is 832 g/mol. The monoisotopic (exact) mass is 831 g/mol. The molecular formula is C42H49N5O13. The lowest BCUT2D eigenvalue weighted by Gasteiger charge is -2.35. The maximum atomic E-state index is 14.0. The number of methoxy groups -OCH3 is 1. The molecule has 4 aliphatic heterocycles. The number of aromatic amines is 1. The van der Waals surface area contributed by atoms with Crippen LogP contribution in [0, 0.1) is 0 Å². The zero-order chi connectivity index (χ0) is 42.7. The van der Waals surface area contributed by atoms with E-state index in [1.807, 2.05) is 67.6 Å². The molecule has 3 saturated heterocycles. The number of nitrogens with zero attached hydrogens (tertiary/aromatic N) is 1. The molecule has 60 heavy (non-hydrogen) atoms. The van der Waals surface area contributed by atoms with Gasteiger partial charge in [0.05, 0.1) is 6.42 Å². The summed E-state index contributed by atoms with van der Waals surface area (Å²) in [4.78, 5) is 81.4. The summed E-state index contributed by atoms with van der Waals surface area (Å²) in [7, 11) is 1.29. The first-order valence-electron chi connectivity index (χ1n) is 19.8. The van der Waals surface area contributed by atoms with E-state index in [0.29, 0.717) is 12.8 Å². The Morgan fingerprint density at radius 1 is 0.967 bits per heavy atom. The maximum absolute atomic E-state index is 14.0. The van der Waals surface area contributed by atoms with E-state index in [1.54, 1.807) is 13.8 Å². The molecule has 0 unspecified atom stereocenters. The van der Waals surface area contributed by atoms with Gasteiger partial charge in [-0.1, -0.05) is 60.7 Å². The van der Waals surface area contributed by atoms with E-state index >= 15 is 0 Å². The molecule has 0 saturated carbocycles. The molecule has 5 N–H and O–H groups in total. The fraction of sp³-hybridized carbons (Fsp3) is 0.476. The van der Waals surface area contributed by atoms with Crippen molar-refractivity contribution in [3.05, 3.63) is 117 Å². The van der Waals surface area contributed by atoms with Crippen LogP contribution in [0.5, 0.6) is 0 Å². The number of primary amides is 1. The van der Waals surface area contributed by atoms with Crippen LogP contribution in [0.3, 0.4) is 0 Å². The zero-order valence-corrected chi connectivity index (χ0v) is 33.5. The van der Waals surface area contributed by atoms with E-state index in [0.717, 1.165) is 34.4 Å². The topological polar surface area (TPSA) is 238 Å². The Labute approximate surface area is 344 Å². The van der Waals surface area contributed by atoms with Crippen LogP contribution in [0.2, 0.25) is 0 Å². The summed E-state index contributed by atoms with van der Waals surface area (Å²) < 4.78 is 43.8. The molecule has 5 heterocycles. The lowest BCUT2D eigenvalue weighted by molar-refractivity contribution is -0.241. The number of ether oxygens (including phenoxy) is 7. The van der Waals surface area contributed by atoms with Crippen molar-refractivity contribution in [2.24, 2.45) is 5.73 Å². The maximum Gasteiger partial charge on any atom is 0.330 e. The molecule has 1 aromatic heterocycles. The Hall–Kier alpha value is -5.66. The highest BCUT2D eigenvalue weighted by Crippen LogP contribution is 2.40. The molecule has 18 nitrogen and oxygen atoms in total. The third-order valence-corrected chi connectivity index (χ3v) is 10.9. The summed E-state index contributed by atoms with van der Waals surface area (Å²) in [6, 6.07) is 18.9. The second-order valence-electron chi connectivity index (χ2n) is 15.6. The summed E-state index contributed by atoms with van der Waals surface area (Å²) >= 11 is 0. The molecule has 10 atom stereocenters. The minimum absolute atomic E-state index is 0.0557. The van der Waals surface area contributed by atoms with E-state index in [1.165, 1.54) is 13.2 Å². The lowest BCUT2D eigenvalue weighted by Crippen LogP contribution is -2.54. The number of nitrogens with one attached hydrogen (secondary N) is 3. The number of fused-ring (bicyclic) bond motifs is 1. The molecular weight excluding hydrogens is 782 g/mol. The Balaban J connectivity index is 1.17. The summed E-state index contributed by atoms with van der Waals surface area (Å²) in [5.74, 6) is -4.71. The van der Waals surface area contributed by atoms with Gasteiger partial charge >= 0.3 is 11.7 Å². The van der Waals surface area contributed by atoms with Crippen LogP contribution in [0.25, 0.3) is 0 Å². The summed E-state index contributed by atoms with van der Waals surface area (Å²) in [6.07, 6.45) is -6.64. The van der Waals surface area contributed by atoms with Gasteiger partial charge in [-0.15, -0.1) is 0 Å². The minimum atomic E-state index is -1.75. The number of aromatic nitrogens is 2. The van der Waals surface area contributed by atoms with Crippen molar-refractivity contribution in [3.63, 3.8) is 0 Å². The van der Waals surface area contributed by atoms with E-state index < -0.39 is 95.9 Å². The molecule has 7 rings (SSSR count). The molecule has 0 spiro atoms. The van der Waals surface area contributed by atoms with Crippen molar-refractivity contribution in [1.29, 1.82) is 0 Å². The van der Waals surface area contributed by atoms with E-state index in [4.69, 9.17) is 38.9 Å². The minimum Gasteiger partial charge on any atom is -0.456 e. The van der Waals surface area contributed by atoms with Crippen molar-refractivity contribution in [2.75, 3.05) is 7.11 Å². The van der Waals surface area contributed by atoms with Crippen LogP contribution in [-0.4, -0.2) is 101 Å². The fourth-order valence-corrected chi connectivity index (χ4v) is 8.08. The summed E-state index contributed by atoms with van der Waals surface area (Å²) in [5, 5.41) is 5.59. The van der Waals surface area contributed by atoms with Crippen LogP contribution in [-0.2, 0) is 52.3 Å². The fourth-order valence-electron chi connectivity index (χ4n) is 8.08. The second kappa shape index (κ2) is 17.9. The predicted octanol–water partition coefficient (Wildman–Crippen LogP) is 1.39. The first-order chi connectivity index (χ1) is 28.7. The zero-order valence-electron chi connectivity index (χ0n) is 33.5. The van der Waals surface area contributed by atoms with Crippen molar-refractivity contribution in [2.45, 2.75) is 119 Å². The number of esters is 1. The van der Waals surface area contributed by atoms with Gasteiger partial charge < -0.3 is 49.5 Å². The smallest absolute Gasteiger partial charge is 0.330 e. The molecule has 0 aliphatic carbocycles. The van der Waals surface area contributed by atoms with Crippen LogP contribution in [0.1, 0.15) is 69.7 Å². The second-order valence-corrected chi connectivity index (χ2v) is 15.6. The first kappa shape index (κ1) is 42.5. The number of rotatable bonds is 13. The number of nitrogens with two attached hydrogens (primary N) is 1. The SMILES string of the molecule is CO[C@H]1[C@@H](OC(=O)CC(c2ccccc2)c2ccccc2)[C@H](n2ccc(=O)[nH]c2=O)O[C@@H]1[C@@H](O[C@H]1OC(C(=O)N[C@H]2CCC[C@@H](C)NC2=O)=C[C@@H]2OC(C)(C)O[C@H]12)C(N)=O. The van der Waals surface area contributed by atoms with Gasteiger partial charge in [-0.3, -0.25) is 33.5 Å². The number of H-pyrrole nitrogens is 1. The molecule has 3 aromatic rings. The standard InChI is InChI=1S/C42H49N5O13/c1-22-12-11-17-26(37(51)44-22)45-38(52)28-21-27-31(60-42(2,3)59-27)40(55-28)58-34(36(43)50)33-32(54-4)35(39(57-33)47-19-18-29(48)46-41(47)53)56-30(49)20-25(23-13-7-5-8-14-23)24-15-9-6-10-16-24/h5-10,13-16,18-19,21-22,25-27,31-35,39-40H,11-12,17,20H2,1-4H3,(H2,43,50)(H,44,51)(H,45,52)(H,46,48,53)/t22-,26+,27+,31+,32-,33+,34-,35-,39-,40-/m1/s1. The van der Waals surface area contributed by atoms with Gasteiger partial charge in [-0.2, -0.15) is 0 Å². The van der Waals surface area contributed by atoms with E-state index in [9.17, 15) is 28.8 Å². The molecule has 0 bridgehead atoms. The average Bonchev–Trinajstić information content (AvgIpc) is 3.67. The molecule has 320 valence electrons. The quantitative estimate of drug-likeness (QED) is 0.179. The number of hydrogen-bond acceptors (Lipinski definition) is 13. The highest BCUT2D eigenvalue weighted by Gasteiger charge is 2.56. The Morgan fingerprint density at radius 2 is 1.65 bits per heavy atom. The molecule has 4 aliphatic rings. The molecule has 3 amide bonds. The van der Waals surface area contributed by atoms with Crippen molar-refractivity contribution >= 4 is 23.7 Å². The highest BCUT2D eigenvalue weighted by molar-refractivity contribution is 5.95. The Kier molecular flexibility index (Phi) is 12.7. The normalized spacial score (nSPS) is 29.0. The largest absolute Gasteiger partial charge is 0.456 e. The molecule has 18 heteroatoms. The Morgan fingerprint density at radius 3 is 2.28 bits per heavy atom. The Bertz CT molecular complexity index is 2150. The molecule has 0 radical (unpaired) electrons. The highest BCUT2D eigenvalue weighted by atomic mass is 16.8. The van der Waals surface area contributed by atoms with Crippen molar-refractivity contribution in [3.8, 4) is 0 Å². The van der Waals surface area contributed by atoms with Gasteiger partial charge in [0, 0.05) is 31.3 Å². The first-order valence-corrected chi connectivity index (χ1v) is 19.8. The van der Waals surface area contributed by atoms with Crippen LogP contribution in [0.4, 0.5) is 0 Å². The lowest BCUT2D eigenvalue weighted by atomic mass is 9.88. The van der Waals surface area contributed by atoms with Gasteiger partial charge in [-0.25, -0.2) is 4.79 Å². The van der Waals surface area contributed by atoms with Gasteiger partial charge in [0.2, 0.25) is 18.1 Å². The number of carbonyl (C=O) groups excluding carboxylic acids is 4. The van der Waals surface area contributed by atoms with Gasteiger partial charge in [0.15, 0.2) is 36.1 Å². The van der Waals surface area contributed by atoms with Crippen molar-refractivity contribution in [1.82, 2.24) is 20.2 Å². The number of benzene rings is 2. The molecule has 2 aromatic carbocycles. The summed E-state index contributed by atoms with van der Waals surface area (Å²) in [5.41, 5.74) is 6.09. The third-order valence-electron chi connectivity index (χ3n) is 10.9. The van der Waals surface area contributed by atoms with Gasteiger partial charge in [0.25, 0.3) is 11.5 Å². The number of amides is 3. The van der Waals surface area contributed by atoms with Crippen LogP contribution < -0.4 is 27.6 Å². The van der Waals surface area contributed by atoms with Gasteiger partial charge in [-0.05, 0) is 57.2 Å². The van der Waals surface area contributed by atoms with Gasteiger partial charge in [0.1, 0.15) is 24.4 Å².